The normalized spacial score (nSPS) is 11.8. The number of anilines is 4. The fourth-order valence-electron chi connectivity index (χ4n) is 3.05. The molecule has 4 rings (SSSR count). The number of nitrogens with two attached hydrogens (primary N) is 1. The lowest BCUT2D eigenvalue weighted by Gasteiger charge is -2.19. The van der Waals surface area contributed by atoms with Crippen LogP contribution in [0.3, 0.4) is 0 Å². The summed E-state index contributed by atoms with van der Waals surface area (Å²) in [6, 6.07) is 21.1. The van der Waals surface area contributed by atoms with Crippen LogP contribution in [0.15, 0.2) is 73.1 Å². The van der Waals surface area contributed by atoms with Crippen molar-refractivity contribution in [1.29, 1.82) is 0 Å². The van der Waals surface area contributed by atoms with Gasteiger partial charge in [-0.15, -0.1) is 5.10 Å². The van der Waals surface area contributed by atoms with Crippen LogP contribution in [0.4, 0.5) is 23.4 Å². The van der Waals surface area contributed by atoms with E-state index in [4.69, 9.17) is 5.73 Å². The Morgan fingerprint density at radius 1 is 1.00 bits per heavy atom. The lowest BCUT2D eigenvalue weighted by Crippen LogP contribution is -2.14. The molecule has 0 aliphatic carbocycles. The van der Waals surface area contributed by atoms with Crippen LogP contribution < -0.4 is 16.4 Å². The highest BCUT2D eigenvalue weighted by atomic mass is 16.3. The Morgan fingerprint density at radius 2 is 1.73 bits per heavy atom. The van der Waals surface area contributed by atoms with Crippen LogP contribution in [0.5, 0.6) is 0 Å². The zero-order chi connectivity index (χ0) is 20.8. The molecule has 30 heavy (non-hydrogen) atoms. The molecule has 0 bridgehead atoms. The fourth-order valence-corrected chi connectivity index (χ4v) is 3.05. The van der Waals surface area contributed by atoms with Crippen molar-refractivity contribution >= 4 is 23.4 Å². The number of nitrogens with one attached hydrogen (secondary N) is 2. The van der Waals surface area contributed by atoms with Crippen LogP contribution in [-0.2, 0) is 0 Å². The number of rotatable bonds is 8. The maximum atomic E-state index is 9.45. The van der Waals surface area contributed by atoms with Crippen LogP contribution in [0.1, 0.15) is 18.0 Å². The highest BCUT2D eigenvalue weighted by molar-refractivity contribution is 5.54. The molecule has 0 radical (unpaired) electrons. The first-order chi connectivity index (χ1) is 14.7. The van der Waals surface area contributed by atoms with Crippen molar-refractivity contribution < 1.29 is 5.11 Å². The molecule has 0 aliphatic heterocycles. The van der Waals surface area contributed by atoms with Crippen molar-refractivity contribution in [2.45, 2.75) is 12.5 Å². The first-order valence-corrected chi connectivity index (χ1v) is 9.52. The molecule has 5 N–H and O–H groups in total. The zero-order valence-electron chi connectivity index (χ0n) is 16.2. The Bertz CT molecular complexity index is 1080. The molecule has 4 aromatic rings. The van der Waals surface area contributed by atoms with Crippen LogP contribution in [0.25, 0.3) is 5.82 Å². The molecular formula is C21H22N8O. The molecule has 9 heteroatoms. The quantitative estimate of drug-likeness (QED) is 0.354. The average molecular weight is 402 g/mol. The number of aliphatic hydroxyl groups is 1. The Hall–Kier alpha value is -3.98. The molecule has 0 spiro atoms. The molecule has 1 atom stereocenters. The highest BCUT2D eigenvalue weighted by Gasteiger charge is 2.14. The molecule has 2 aromatic carbocycles. The molecule has 0 aliphatic rings. The van der Waals surface area contributed by atoms with Crippen molar-refractivity contribution in [3.05, 3.63) is 78.6 Å². The number of aromatic nitrogens is 5. The molecule has 0 amide bonds. The summed E-state index contributed by atoms with van der Waals surface area (Å²) in [5.74, 6) is 1.64. The number of hydrogen-bond donors (Lipinski definition) is 4. The van der Waals surface area contributed by atoms with Gasteiger partial charge < -0.3 is 21.5 Å². The first-order valence-electron chi connectivity index (χ1n) is 9.52. The summed E-state index contributed by atoms with van der Waals surface area (Å²) in [5, 5.41) is 20.3. The number of nitrogen functional groups attached to an aromatic ring is 1. The molecule has 0 saturated carbocycles. The van der Waals surface area contributed by atoms with Gasteiger partial charge in [0.05, 0.1) is 6.04 Å². The maximum absolute atomic E-state index is 9.45. The van der Waals surface area contributed by atoms with Gasteiger partial charge in [-0.2, -0.15) is 9.67 Å². The maximum Gasteiger partial charge on any atom is 0.248 e. The van der Waals surface area contributed by atoms with E-state index >= 15 is 0 Å². The van der Waals surface area contributed by atoms with E-state index in [-0.39, 0.29) is 18.6 Å². The predicted molar refractivity (Wildman–Crippen MR) is 116 cm³/mol. The van der Waals surface area contributed by atoms with Crippen LogP contribution >= 0.6 is 0 Å². The van der Waals surface area contributed by atoms with Gasteiger partial charge in [0.2, 0.25) is 11.9 Å². The minimum absolute atomic E-state index is 0.0506. The lowest BCUT2D eigenvalue weighted by molar-refractivity contribution is 0.280. The lowest BCUT2D eigenvalue weighted by atomic mass is 10.0. The summed E-state index contributed by atoms with van der Waals surface area (Å²) in [7, 11) is 0. The molecule has 2 heterocycles. The van der Waals surface area contributed by atoms with E-state index in [0.717, 1.165) is 11.3 Å². The topological polar surface area (TPSA) is 127 Å². The fraction of sp³-hybridized carbons (Fsp3) is 0.143. The standard InChI is InChI=1S/C21H22N8O/c22-20-27-21(25-16-9-5-2-6-10-16)28-29(20)19-13-18(23-14-24-19)26-17(11-12-30)15-7-3-1-4-8-15/h1-10,13-14,17,30H,11-12H2,(H,23,24,26)(H3,22,25,27,28). The van der Waals surface area contributed by atoms with Gasteiger partial charge >= 0.3 is 0 Å². The SMILES string of the molecule is Nc1nc(Nc2ccccc2)nn1-c1cc(NC(CCO)c2ccccc2)ncn1. The van der Waals surface area contributed by atoms with Crippen molar-refractivity contribution in [2.75, 3.05) is 23.0 Å². The summed E-state index contributed by atoms with van der Waals surface area (Å²) >= 11 is 0. The van der Waals surface area contributed by atoms with E-state index in [0.29, 0.717) is 24.0 Å². The van der Waals surface area contributed by atoms with Crippen molar-refractivity contribution in [3.8, 4) is 5.82 Å². The van der Waals surface area contributed by atoms with E-state index in [1.165, 1.54) is 11.0 Å². The number of aliphatic hydroxyl groups excluding tert-OH is 1. The number of para-hydroxylation sites is 1. The summed E-state index contributed by atoms with van der Waals surface area (Å²) < 4.78 is 1.45. The van der Waals surface area contributed by atoms with Crippen molar-refractivity contribution in [1.82, 2.24) is 24.7 Å². The predicted octanol–water partition coefficient (Wildman–Crippen LogP) is 2.92. The van der Waals surface area contributed by atoms with Crippen LogP contribution in [0.2, 0.25) is 0 Å². The summed E-state index contributed by atoms with van der Waals surface area (Å²) in [6.45, 7) is 0.0506. The second-order valence-electron chi connectivity index (χ2n) is 6.58. The smallest absolute Gasteiger partial charge is 0.248 e. The Morgan fingerprint density at radius 3 is 2.47 bits per heavy atom. The third-order valence-corrected chi connectivity index (χ3v) is 4.47. The van der Waals surface area contributed by atoms with Gasteiger partial charge in [-0.1, -0.05) is 48.5 Å². The van der Waals surface area contributed by atoms with Gasteiger partial charge in [-0.25, -0.2) is 9.97 Å². The van der Waals surface area contributed by atoms with Gasteiger partial charge in [0, 0.05) is 18.4 Å². The van der Waals surface area contributed by atoms with Gasteiger partial charge in [0.1, 0.15) is 12.1 Å². The second kappa shape index (κ2) is 9.01. The Balaban J connectivity index is 1.56. The van der Waals surface area contributed by atoms with E-state index in [2.05, 4.69) is 30.7 Å². The summed E-state index contributed by atoms with van der Waals surface area (Å²) in [5.41, 5.74) is 7.97. The van der Waals surface area contributed by atoms with E-state index in [1.807, 2.05) is 60.7 Å². The Labute approximate surface area is 173 Å². The van der Waals surface area contributed by atoms with Gasteiger partial charge in [-0.05, 0) is 24.1 Å². The third kappa shape index (κ3) is 4.53. The number of benzene rings is 2. The van der Waals surface area contributed by atoms with Crippen molar-refractivity contribution in [2.24, 2.45) is 0 Å². The number of nitrogens with zero attached hydrogens (tertiary/aromatic N) is 5. The van der Waals surface area contributed by atoms with Gasteiger partial charge in [0.25, 0.3) is 0 Å². The monoisotopic (exact) mass is 402 g/mol. The van der Waals surface area contributed by atoms with E-state index < -0.39 is 0 Å². The highest BCUT2D eigenvalue weighted by Crippen LogP contribution is 2.23. The van der Waals surface area contributed by atoms with Crippen molar-refractivity contribution in [3.63, 3.8) is 0 Å². The minimum Gasteiger partial charge on any atom is -0.396 e. The molecule has 2 aromatic heterocycles. The third-order valence-electron chi connectivity index (χ3n) is 4.47. The summed E-state index contributed by atoms with van der Waals surface area (Å²) in [6.07, 6.45) is 1.98. The van der Waals surface area contributed by atoms with Gasteiger partial charge in [0.15, 0.2) is 5.82 Å². The summed E-state index contributed by atoms with van der Waals surface area (Å²) in [4.78, 5) is 12.8. The molecule has 1 unspecified atom stereocenters. The largest absolute Gasteiger partial charge is 0.396 e. The van der Waals surface area contributed by atoms with E-state index in [9.17, 15) is 5.11 Å². The molecular weight excluding hydrogens is 380 g/mol. The number of hydrogen-bond acceptors (Lipinski definition) is 8. The molecule has 0 fully saturated rings. The van der Waals surface area contributed by atoms with E-state index in [1.54, 1.807) is 6.07 Å². The Kier molecular flexibility index (Phi) is 5.81. The first kappa shape index (κ1) is 19.3. The van der Waals surface area contributed by atoms with Gasteiger partial charge in [-0.3, -0.25) is 0 Å². The second-order valence-corrected chi connectivity index (χ2v) is 6.58. The van der Waals surface area contributed by atoms with Crippen LogP contribution in [-0.4, -0.2) is 36.4 Å². The molecule has 152 valence electrons. The molecule has 0 saturated heterocycles. The average Bonchev–Trinajstić information content (AvgIpc) is 3.15. The minimum atomic E-state index is -0.0950. The van der Waals surface area contributed by atoms with Crippen LogP contribution in [0, 0.1) is 0 Å². The molecule has 9 nitrogen and oxygen atoms in total. The zero-order valence-corrected chi connectivity index (χ0v) is 16.2.